The zero-order chi connectivity index (χ0) is 22.4. The van der Waals surface area contributed by atoms with Gasteiger partial charge in [0.2, 0.25) is 0 Å². The number of likely N-dealkylation sites (tertiary alicyclic amines) is 1. The van der Waals surface area contributed by atoms with Crippen LogP contribution in [0.25, 0.3) is 5.65 Å². The zero-order valence-electron chi connectivity index (χ0n) is 17.0. The SMILES string of the molecule is O=C(Nc1cnn2ccc(N3CCCC3c3cc(F)ccc3F)nc12)N1CC(O)C(O)C1. The van der Waals surface area contributed by atoms with Crippen LogP contribution in [0.2, 0.25) is 0 Å². The number of carbonyl (C=O) groups excluding carboxylic acids is 1. The minimum absolute atomic E-state index is 0.0273. The van der Waals surface area contributed by atoms with E-state index in [0.717, 1.165) is 18.6 Å². The molecule has 0 saturated carbocycles. The number of nitrogens with zero attached hydrogens (tertiary/aromatic N) is 5. The summed E-state index contributed by atoms with van der Waals surface area (Å²) in [6.45, 7) is 0.683. The smallest absolute Gasteiger partial charge is 0.322 e. The number of hydrogen-bond acceptors (Lipinski definition) is 6. The van der Waals surface area contributed by atoms with Crippen LogP contribution in [0.15, 0.2) is 36.7 Å². The fourth-order valence-corrected chi connectivity index (χ4v) is 4.37. The van der Waals surface area contributed by atoms with E-state index >= 15 is 0 Å². The predicted molar refractivity (Wildman–Crippen MR) is 111 cm³/mol. The Morgan fingerprint density at radius 1 is 1.16 bits per heavy atom. The molecule has 0 bridgehead atoms. The standard InChI is InChI=1S/C21H22F2N6O3/c22-12-3-4-14(23)13(8-12)16-2-1-6-28(16)19-5-7-29-20(26-19)15(9-24-29)25-21(32)27-10-17(30)18(31)11-27/h3-5,7-9,16-18,30-31H,1-2,6,10-11H2,(H,25,32). The minimum atomic E-state index is -0.982. The van der Waals surface area contributed by atoms with Crippen LogP contribution in [-0.4, -0.2) is 67.6 Å². The number of halogens is 2. The van der Waals surface area contributed by atoms with Crippen LogP contribution >= 0.6 is 0 Å². The van der Waals surface area contributed by atoms with Gasteiger partial charge in [0, 0.05) is 18.3 Å². The summed E-state index contributed by atoms with van der Waals surface area (Å²) < 4.78 is 29.7. The Balaban J connectivity index is 1.42. The fourth-order valence-electron chi connectivity index (χ4n) is 4.37. The van der Waals surface area contributed by atoms with E-state index in [-0.39, 0.29) is 24.7 Å². The van der Waals surface area contributed by atoms with E-state index < -0.39 is 29.9 Å². The van der Waals surface area contributed by atoms with Gasteiger partial charge in [-0.25, -0.2) is 23.1 Å². The van der Waals surface area contributed by atoms with E-state index in [1.165, 1.54) is 21.7 Å². The molecule has 168 valence electrons. The molecule has 9 nitrogen and oxygen atoms in total. The molecule has 2 fully saturated rings. The zero-order valence-corrected chi connectivity index (χ0v) is 17.0. The number of aromatic nitrogens is 3. The van der Waals surface area contributed by atoms with Crippen LogP contribution < -0.4 is 10.2 Å². The topological polar surface area (TPSA) is 106 Å². The van der Waals surface area contributed by atoms with Gasteiger partial charge in [0.15, 0.2) is 5.65 Å². The van der Waals surface area contributed by atoms with Gasteiger partial charge in [-0.05, 0) is 37.1 Å². The lowest BCUT2D eigenvalue weighted by molar-refractivity contribution is 0.0572. The number of hydrogen-bond donors (Lipinski definition) is 3. The van der Waals surface area contributed by atoms with Crippen LogP contribution in [0.4, 0.5) is 25.1 Å². The first-order chi connectivity index (χ1) is 15.4. The molecule has 2 aliphatic heterocycles. The molecule has 3 N–H and O–H groups in total. The van der Waals surface area contributed by atoms with Crippen molar-refractivity contribution in [1.29, 1.82) is 0 Å². The van der Waals surface area contributed by atoms with Gasteiger partial charge in [-0.15, -0.1) is 0 Å². The average molecular weight is 444 g/mol. The maximum Gasteiger partial charge on any atom is 0.322 e. The highest BCUT2D eigenvalue weighted by Gasteiger charge is 2.33. The van der Waals surface area contributed by atoms with Gasteiger partial charge in [0.05, 0.1) is 37.5 Å². The van der Waals surface area contributed by atoms with Gasteiger partial charge in [0.25, 0.3) is 0 Å². The van der Waals surface area contributed by atoms with Crippen molar-refractivity contribution < 1.29 is 23.8 Å². The van der Waals surface area contributed by atoms with Crippen molar-refractivity contribution in [1.82, 2.24) is 19.5 Å². The number of amides is 2. The summed E-state index contributed by atoms with van der Waals surface area (Å²) in [5.41, 5.74) is 1.04. The second kappa shape index (κ2) is 7.99. The average Bonchev–Trinajstić information content (AvgIpc) is 3.49. The molecular weight excluding hydrogens is 422 g/mol. The lowest BCUT2D eigenvalue weighted by Gasteiger charge is -2.26. The molecule has 0 spiro atoms. The van der Waals surface area contributed by atoms with Crippen LogP contribution in [0.5, 0.6) is 0 Å². The lowest BCUT2D eigenvalue weighted by atomic mass is 10.0. The Morgan fingerprint density at radius 3 is 2.72 bits per heavy atom. The Kier molecular flexibility index (Phi) is 5.14. The number of nitrogens with one attached hydrogen (secondary N) is 1. The van der Waals surface area contributed by atoms with E-state index in [4.69, 9.17) is 0 Å². The first-order valence-electron chi connectivity index (χ1n) is 10.4. The van der Waals surface area contributed by atoms with Gasteiger partial charge >= 0.3 is 6.03 Å². The molecule has 2 aromatic heterocycles. The maximum absolute atomic E-state index is 14.4. The molecular formula is C21H22F2N6O3. The molecule has 5 rings (SSSR count). The molecule has 3 atom stereocenters. The molecule has 0 aliphatic carbocycles. The number of anilines is 2. The van der Waals surface area contributed by atoms with Crippen molar-refractivity contribution in [3.63, 3.8) is 0 Å². The first-order valence-corrected chi connectivity index (χ1v) is 10.4. The number of urea groups is 1. The normalized spacial score (nSPS) is 23.3. The second-order valence-corrected chi connectivity index (χ2v) is 8.10. The molecule has 1 aromatic carbocycles. The molecule has 2 saturated heterocycles. The van der Waals surface area contributed by atoms with Crippen molar-refractivity contribution in [2.24, 2.45) is 0 Å². The molecule has 3 unspecified atom stereocenters. The summed E-state index contributed by atoms with van der Waals surface area (Å²) in [6, 6.07) is 4.36. The van der Waals surface area contributed by atoms with Crippen molar-refractivity contribution in [2.75, 3.05) is 29.9 Å². The minimum Gasteiger partial charge on any atom is -0.388 e. The Bertz CT molecular complexity index is 1160. The number of β-amino-alcohol motifs (C(OH)–C–C–N with tert-alkyl or cyclic N) is 2. The van der Waals surface area contributed by atoms with Crippen molar-refractivity contribution in [2.45, 2.75) is 31.1 Å². The van der Waals surface area contributed by atoms with Gasteiger partial charge in [-0.1, -0.05) is 0 Å². The summed E-state index contributed by atoms with van der Waals surface area (Å²) in [5, 5.41) is 26.3. The number of rotatable bonds is 3. The second-order valence-electron chi connectivity index (χ2n) is 8.10. The Labute approximate surface area is 181 Å². The Morgan fingerprint density at radius 2 is 1.94 bits per heavy atom. The van der Waals surface area contributed by atoms with Crippen molar-refractivity contribution in [3.05, 3.63) is 53.9 Å². The largest absolute Gasteiger partial charge is 0.388 e. The van der Waals surface area contributed by atoms with E-state index in [2.05, 4.69) is 15.4 Å². The van der Waals surface area contributed by atoms with Gasteiger partial charge in [-0.3, -0.25) is 0 Å². The van der Waals surface area contributed by atoms with Crippen molar-refractivity contribution in [3.8, 4) is 0 Å². The monoisotopic (exact) mass is 444 g/mol. The van der Waals surface area contributed by atoms with Gasteiger partial charge in [0.1, 0.15) is 23.1 Å². The third kappa shape index (κ3) is 3.63. The predicted octanol–water partition coefficient (Wildman–Crippen LogP) is 1.92. The third-order valence-electron chi connectivity index (χ3n) is 6.01. The number of benzene rings is 1. The van der Waals surface area contributed by atoms with E-state index in [9.17, 15) is 23.8 Å². The van der Waals surface area contributed by atoms with Crippen LogP contribution in [0.1, 0.15) is 24.4 Å². The van der Waals surface area contributed by atoms with Crippen LogP contribution in [0, 0.1) is 11.6 Å². The van der Waals surface area contributed by atoms with E-state index in [0.29, 0.717) is 30.1 Å². The molecule has 4 heterocycles. The summed E-state index contributed by atoms with van der Waals surface area (Å²) in [7, 11) is 0. The van der Waals surface area contributed by atoms with Gasteiger partial charge < -0.3 is 25.3 Å². The van der Waals surface area contributed by atoms with E-state index in [1.54, 1.807) is 12.3 Å². The van der Waals surface area contributed by atoms with Crippen LogP contribution in [0.3, 0.4) is 0 Å². The molecule has 2 amide bonds. The highest BCUT2D eigenvalue weighted by molar-refractivity contribution is 5.93. The Hall–Kier alpha value is -3.31. The number of aliphatic hydroxyl groups excluding tert-OH is 2. The summed E-state index contributed by atoms with van der Waals surface area (Å²) in [4.78, 5) is 20.4. The summed E-state index contributed by atoms with van der Waals surface area (Å²) in [6.07, 6.45) is 2.65. The quantitative estimate of drug-likeness (QED) is 0.570. The number of aliphatic hydroxyl groups is 2. The lowest BCUT2D eigenvalue weighted by Crippen LogP contribution is -2.34. The first kappa shape index (κ1) is 20.6. The maximum atomic E-state index is 14.4. The molecule has 32 heavy (non-hydrogen) atoms. The highest BCUT2D eigenvalue weighted by atomic mass is 19.1. The van der Waals surface area contributed by atoms with Gasteiger partial charge in [-0.2, -0.15) is 5.10 Å². The highest BCUT2D eigenvalue weighted by Crippen LogP contribution is 2.37. The molecule has 11 heteroatoms. The molecule has 2 aliphatic rings. The fraction of sp³-hybridized carbons (Fsp3) is 0.381. The number of fused-ring (bicyclic) bond motifs is 1. The number of carbonyl (C=O) groups is 1. The molecule has 0 radical (unpaired) electrons. The van der Waals surface area contributed by atoms with E-state index in [1.807, 2.05) is 4.90 Å². The summed E-state index contributed by atoms with van der Waals surface area (Å²) >= 11 is 0. The molecule has 3 aromatic rings. The van der Waals surface area contributed by atoms with Crippen LogP contribution in [-0.2, 0) is 0 Å². The van der Waals surface area contributed by atoms with Crippen molar-refractivity contribution >= 4 is 23.2 Å². The third-order valence-corrected chi connectivity index (χ3v) is 6.01. The summed E-state index contributed by atoms with van der Waals surface area (Å²) in [5.74, 6) is -0.391.